The Morgan fingerprint density at radius 2 is 1.33 bits per heavy atom. The van der Waals surface area contributed by atoms with Gasteiger partial charge in [0.15, 0.2) is 11.6 Å². The first-order chi connectivity index (χ1) is 8.00. The molecule has 1 aromatic rings. The maximum atomic E-state index is 10.5. The summed E-state index contributed by atoms with van der Waals surface area (Å²) < 4.78 is -4.05. The lowest BCUT2D eigenvalue weighted by molar-refractivity contribution is 0.209. The van der Waals surface area contributed by atoms with Gasteiger partial charge in [-0.05, 0) is 0 Å². The molecule has 0 radical (unpaired) electrons. The molecule has 6 nitrogen and oxygen atoms in total. The van der Waals surface area contributed by atoms with Crippen molar-refractivity contribution < 1.29 is 9.90 Å². The van der Waals surface area contributed by atoms with Crippen molar-refractivity contribution in [2.75, 3.05) is 5.32 Å². The van der Waals surface area contributed by atoms with E-state index in [-0.39, 0.29) is 11.6 Å². The van der Waals surface area contributed by atoms with Crippen LogP contribution in [0.25, 0.3) is 0 Å². The van der Waals surface area contributed by atoms with E-state index in [0.29, 0.717) is 0 Å². The van der Waals surface area contributed by atoms with Crippen molar-refractivity contribution in [2.45, 2.75) is 7.59 Å². The second kappa shape index (κ2) is 5.56. The molecule has 18 heavy (non-hydrogen) atoms. The number of hydrogen-bond acceptors (Lipinski definition) is 4. The largest absolute Gasteiger partial charge is 0.465 e. The van der Waals surface area contributed by atoms with Crippen molar-refractivity contribution in [2.24, 2.45) is 0 Å². The van der Waals surface area contributed by atoms with Gasteiger partial charge < -0.3 is 5.11 Å². The fourth-order valence-electron chi connectivity index (χ4n) is 0.781. The number of carbonyl (C=O) groups is 1. The Balaban J connectivity index is 3.34. The highest BCUT2D eigenvalue weighted by molar-refractivity contribution is 6.67. The standard InChI is InChI=1S/C6H2Cl6N4O2/c7-5(8,9)1-13-2(6(10,11)12)15-3(14-1)16-4(17)18/h(H,17,18)(H,13,14,15,16). The zero-order valence-electron chi connectivity index (χ0n) is 7.96. The first-order valence-corrected chi connectivity index (χ1v) is 6.17. The van der Waals surface area contributed by atoms with E-state index >= 15 is 0 Å². The highest BCUT2D eigenvalue weighted by atomic mass is 35.6. The first-order valence-electron chi connectivity index (χ1n) is 3.90. The van der Waals surface area contributed by atoms with E-state index in [9.17, 15) is 4.79 Å². The predicted octanol–water partition coefficient (Wildman–Crippen LogP) is 3.61. The van der Waals surface area contributed by atoms with Crippen LogP contribution in [0, 0.1) is 0 Å². The number of nitrogens with one attached hydrogen (secondary N) is 1. The number of rotatable bonds is 1. The minimum absolute atomic E-state index is 0.382. The van der Waals surface area contributed by atoms with E-state index in [4.69, 9.17) is 74.7 Å². The molecule has 0 spiro atoms. The van der Waals surface area contributed by atoms with Crippen molar-refractivity contribution in [1.82, 2.24) is 15.0 Å². The number of halogens is 6. The van der Waals surface area contributed by atoms with Gasteiger partial charge in [0.05, 0.1) is 0 Å². The smallest absolute Gasteiger partial charge is 0.411 e. The van der Waals surface area contributed by atoms with Gasteiger partial charge in [-0.1, -0.05) is 69.6 Å². The number of alkyl halides is 6. The van der Waals surface area contributed by atoms with Crippen LogP contribution in [0.5, 0.6) is 0 Å². The fraction of sp³-hybridized carbons (Fsp3) is 0.333. The summed E-state index contributed by atoms with van der Waals surface area (Å²) in [5.74, 6) is -1.19. The molecule has 0 aliphatic carbocycles. The van der Waals surface area contributed by atoms with Crippen LogP contribution in [0.4, 0.5) is 10.7 Å². The Labute approximate surface area is 131 Å². The summed E-state index contributed by atoms with van der Waals surface area (Å²) in [6.07, 6.45) is -1.44. The van der Waals surface area contributed by atoms with Gasteiger partial charge in [-0.3, -0.25) is 5.32 Å². The average Bonchev–Trinajstić information content (AvgIpc) is 2.13. The van der Waals surface area contributed by atoms with E-state index in [1.807, 2.05) is 5.32 Å². The Kier molecular flexibility index (Phi) is 4.97. The van der Waals surface area contributed by atoms with Crippen LogP contribution in [0.1, 0.15) is 11.6 Å². The van der Waals surface area contributed by atoms with Crippen LogP contribution >= 0.6 is 69.6 Å². The van der Waals surface area contributed by atoms with E-state index < -0.39 is 19.6 Å². The van der Waals surface area contributed by atoms with E-state index in [0.717, 1.165) is 0 Å². The molecule has 0 bridgehead atoms. The Bertz CT molecular complexity index is 438. The highest BCUT2D eigenvalue weighted by Gasteiger charge is 2.34. The van der Waals surface area contributed by atoms with Gasteiger partial charge >= 0.3 is 6.09 Å². The fourth-order valence-corrected chi connectivity index (χ4v) is 1.29. The zero-order valence-corrected chi connectivity index (χ0v) is 12.5. The molecule has 0 atom stereocenters. The molecule has 2 N–H and O–H groups in total. The summed E-state index contributed by atoms with van der Waals surface area (Å²) in [6, 6.07) is 0. The SMILES string of the molecule is O=C(O)Nc1nc(C(Cl)(Cl)Cl)nc(C(Cl)(Cl)Cl)n1. The Morgan fingerprint density at radius 1 is 0.944 bits per heavy atom. The third kappa shape index (κ3) is 4.60. The normalized spacial score (nSPS) is 12.3. The van der Waals surface area contributed by atoms with Gasteiger partial charge in [-0.2, -0.15) is 9.97 Å². The Hall–Kier alpha value is 0.0200. The van der Waals surface area contributed by atoms with E-state index in [1.54, 1.807) is 0 Å². The van der Waals surface area contributed by atoms with Crippen LogP contribution in [0.2, 0.25) is 0 Å². The van der Waals surface area contributed by atoms with Crippen LogP contribution in [0.15, 0.2) is 0 Å². The molecule has 1 rings (SSSR count). The third-order valence-electron chi connectivity index (χ3n) is 1.36. The number of carboxylic acid groups (broad SMARTS) is 1. The lowest BCUT2D eigenvalue weighted by atomic mass is 10.6. The van der Waals surface area contributed by atoms with Crippen molar-refractivity contribution in [3.63, 3.8) is 0 Å². The van der Waals surface area contributed by atoms with Crippen LogP contribution in [0.3, 0.4) is 0 Å². The average molecular weight is 375 g/mol. The quantitative estimate of drug-likeness (QED) is 0.733. The number of aromatic nitrogens is 3. The first kappa shape index (κ1) is 16.1. The van der Waals surface area contributed by atoms with Gasteiger partial charge in [0, 0.05) is 0 Å². The second-order valence-electron chi connectivity index (χ2n) is 2.73. The lowest BCUT2D eigenvalue weighted by Crippen LogP contribution is -2.20. The predicted molar refractivity (Wildman–Crippen MR) is 69.9 cm³/mol. The molecule has 0 unspecified atom stereocenters. The van der Waals surface area contributed by atoms with Crippen molar-refractivity contribution in [3.05, 3.63) is 11.6 Å². The molecule has 100 valence electrons. The molecular formula is C6H2Cl6N4O2. The number of hydrogen-bond donors (Lipinski definition) is 2. The van der Waals surface area contributed by atoms with Gasteiger partial charge in [0.1, 0.15) is 0 Å². The van der Waals surface area contributed by atoms with Crippen LogP contribution in [-0.4, -0.2) is 26.2 Å². The second-order valence-corrected chi connectivity index (χ2v) is 7.29. The minimum atomic E-state index is -2.03. The summed E-state index contributed by atoms with van der Waals surface area (Å²) in [7, 11) is 0. The number of amides is 1. The molecule has 12 heteroatoms. The van der Waals surface area contributed by atoms with Gasteiger partial charge in [-0.15, -0.1) is 0 Å². The molecule has 0 aromatic carbocycles. The van der Waals surface area contributed by atoms with Gasteiger partial charge in [-0.25, -0.2) is 9.78 Å². The summed E-state index contributed by atoms with van der Waals surface area (Å²) >= 11 is 33.4. The van der Waals surface area contributed by atoms with Crippen LogP contribution in [-0.2, 0) is 7.59 Å². The summed E-state index contributed by atoms with van der Waals surface area (Å²) in [6.45, 7) is 0. The monoisotopic (exact) mass is 372 g/mol. The van der Waals surface area contributed by atoms with E-state index in [2.05, 4.69) is 15.0 Å². The molecule has 1 aromatic heterocycles. The summed E-state index contributed by atoms with van der Waals surface area (Å²) in [5, 5.41) is 10.4. The van der Waals surface area contributed by atoms with Crippen molar-refractivity contribution >= 4 is 81.6 Å². The molecule has 0 aliphatic heterocycles. The summed E-state index contributed by atoms with van der Waals surface area (Å²) in [4.78, 5) is 21.3. The lowest BCUT2D eigenvalue weighted by Gasteiger charge is -2.15. The molecule has 0 saturated heterocycles. The number of anilines is 1. The van der Waals surface area contributed by atoms with Crippen molar-refractivity contribution in [3.8, 4) is 0 Å². The molecular weight excluding hydrogens is 373 g/mol. The summed E-state index contributed by atoms with van der Waals surface area (Å²) in [5.41, 5.74) is 0. The maximum Gasteiger partial charge on any atom is 0.411 e. The molecule has 1 amide bonds. The molecule has 1 heterocycles. The number of nitrogens with zero attached hydrogens (tertiary/aromatic N) is 3. The third-order valence-corrected chi connectivity index (χ3v) is 2.38. The highest BCUT2D eigenvalue weighted by Crippen LogP contribution is 2.40. The van der Waals surface area contributed by atoms with Crippen molar-refractivity contribution in [1.29, 1.82) is 0 Å². The topological polar surface area (TPSA) is 88.0 Å². The van der Waals surface area contributed by atoms with Gasteiger partial charge in [0.2, 0.25) is 13.5 Å². The zero-order chi connectivity index (χ0) is 14.1. The molecule has 0 aliphatic rings. The van der Waals surface area contributed by atoms with Gasteiger partial charge in [0.25, 0.3) is 0 Å². The minimum Gasteiger partial charge on any atom is -0.465 e. The maximum absolute atomic E-state index is 10.5. The van der Waals surface area contributed by atoms with E-state index in [1.165, 1.54) is 0 Å². The molecule has 0 saturated carbocycles. The molecule has 0 fully saturated rings. The van der Waals surface area contributed by atoms with Crippen LogP contribution < -0.4 is 5.32 Å². The Morgan fingerprint density at radius 3 is 1.61 bits per heavy atom.